The van der Waals surface area contributed by atoms with Crippen LogP contribution in [0.4, 0.5) is 0 Å². The van der Waals surface area contributed by atoms with Gasteiger partial charge in [0, 0.05) is 94.8 Å². The number of carbonyl (C=O) groups is 7. The number of carboxylic acids is 1. The van der Waals surface area contributed by atoms with E-state index in [1.54, 1.807) is 6.92 Å². The number of hydrogen-bond donors (Lipinski definition) is 4. The molecule has 9 rings (SSSR count). The van der Waals surface area contributed by atoms with Crippen molar-refractivity contribution in [3.8, 4) is 0 Å². The molecule has 1 saturated heterocycles. The smallest absolute Gasteiger partial charge is 0.330 e. The maximum atomic E-state index is 12.2. The molecular weight excluding hydrogens is 926 g/mol. The summed E-state index contributed by atoms with van der Waals surface area (Å²) in [4.78, 5) is 79.4. The number of carboxylic acid groups (broad SMARTS) is 1. The Hall–Kier alpha value is -3.59. The van der Waals surface area contributed by atoms with Gasteiger partial charge in [0.25, 0.3) is 5.97 Å². The number of carbonyl (C=O) groups excluding carboxylic acids is 6. The Labute approximate surface area is 414 Å². The van der Waals surface area contributed by atoms with Gasteiger partial charge in [0.15, 0.2) is 11.6 Å². The fourth-order valence-electron chi connectivity index (χ4n) is 16.0. The molecule has 1 spiro atoms. The largest absolute Gasteiger partial charge is 0.600 e. The molecule has 1 aliphatic heterocycles. The van der Waals surface area contributed by atoms with Gasteiger partial charge in [-0.1, -0.05) is 45.4 Å². The third-order valence-corrected chi connectivity index (χ3v) is 18.7. The molecule has 16 heteroatoms. The second-order valence-electron chi connectivity index (χ2n) is 22.0. The van der Waals surface area contributed by atoms with Gasteiger partial charge in [0.2, 0.25) is 5.91 Å². The topological polar surface area (TPSA) is 227 Å². The molecule has 15 nitrogen and oxygen atoms in total. The first kappa shape index (κ1) is 55.3. The van der Waals surface area contributed by atoms with Crippen LogP contribution >= 0.6 is 0 Å². The molecule has 7 fully saturated rings. The van der Waals surface area contributed by atoms with E-state index >= 15 is 0 Å². The maximum Gasteiger partial charge on any atom is 0.330 e. The van der Waals surface area contributed by atoms with Gasteiger partial charge in [-0.2, -0.15) is 0 Å². The van der Waals surface area contributed by atoms with Crippen LogP contribution < -0.4 is 10.5 Å². The molecule has 374 valence electrons. The van der Waals surface area contributed by atoms with Crippen LogP contribution in [0.25, 0.3) is 0 Å². The van der Waals surface area contributed by atoms with E-state index in [-0.39, 0.29) is 112 Å². The Morgan fingerprint density at radius 3 is 1.69 bits per heavy atom. The predicted molar refractivity (Wildman–Crippen MR) is 245 cm³/mol. The van der Waals surface area contributed by atoms with Crippen molar-refractivity contribution in [2.45, 2.75) is 182 Å². The van der Waals surface area contributed by atoms with Crippen LogP contribution in [0.3, 0.4) is 0 Å². The van der Waals surface area contributed by atoms with E-state index in [1.807, 2.05) is 12.2 Å². The molecule has 8 unspecified atom stereocenters. The number of aliphatic carboxylic acids is 1. The second-order valence-corrected chi connectivity index (χ2v) is 22.0. The summed E-state index contributed by atoms with van der Waals surface area (Å²) in [5.74, 6) is 1.09. The number of allylic oxidation sites excluding steroid dienone is 2. The molecule has 4 N–H and O–H groups in total. The van der Waals surface area contributed by atoms with Crippen LogP contribution in [-0.2, 0) is 67.3 Å². The average molecular weight is 1000 g/mol. The van der Waals surface area contributed by atoms with Crippen LogP contribution in [0.2, 0.25) is 0 Å². The summed E-state index contributed by atoms with van der Waals surface area (Å²) in [6, 6.07) is -0.362. The Morgan fingerprint density at radius 2 is 1.26 bits per heavy atom. The second kappa shape index (κ2) is 21.4. The van der Waals surface area contributed by atoms with Gasteiger partial charge in [-0.15, -0.1) is 0 Å². The van der Waals surface area contributed by atoms with Crippen molar-refractivity contribution in [3.05, 3.63) is 41.2 Å². The number of ether oxygens (including phenoxy) is 3. The Balaban J connectivity index is 0.000000207. The fraction of sp³-hybridized carbons (Fsp3) is 0.750. The molecule has 8 aliphatic carbocycles. The van der Waals surface area contributed by atoms with E-state index in [4.69, 9.17) is 19.4 Å². The van der Waals surface area contributed by atoms with Gasteiger partial charge in [-0.05, 0) is 136 Å². The summed E-state index contributed by atoms with van der Waals surface area (Å²) in [5, 5.41) is 31.8. The summed E-state index contributed by atoms with van der Waals surface area (Å²) in [7, 11) is 0. The summed E-state index contributed by atoms with van der Waals surface area (Å²) < 4.78 is 16.3. The number of esters is 3. The minimum absolute atomic E-state index is 0. The Morgan fingerprint density at radius 1 is 0.765 bits per heavy atom. The molecule has 1 heterocycles. The minimum atomic E-state index is -0.833. The molecule has 0 aromatic carbocycles. The van der Waals surface area contributed by atoms with Gasteiger partial charge in [-0.3, -0.25) is 28.8 Å². The van der Waals surface area contributed by atoms with Crippen LogP contribution in [0.1, 0.15) is 158 Å². The maximum absolute atomic E-state index is 12.2. The molecular formula is C52H76N2O13Zn. The molecule has 0 aromatic heterocycles. The molecule has 0 bridgehead atoms. The van der Waals surface area contributed by atoms with Crippen LogP contribution in [0, 0.1) is 62.4 Å². The number of fused-ring (bicyclic) bond motifs is 11. The monoisotopic (exact) mass is 1000 g/mol. The van der Waals surface area contributed by atoms with Crippen molar-refractivity contribution in [1.29, 1.82) is 0 Å². The first-order chi connectivity index (χ1) is 31.4. The zero-order valence-corrected chi connectivity index (χ0v) is 44.7. The van der Waals surface area contributed by atoms with Crippen molar-refractivity contribution in [1.82, 2.24) is 5.32 Å². The van der Waals surface area contributed by atoms with Crippen molar-refractivity contribution >= 4 is 41.4 Å². The molecule has 1 amide bonds. The van der Waals surface area contributed by atoms with Gasteiger partial charge in [0.05, 0.1) is 6.61 Å². The van der Waals surface area contributed by atoms with Crippen molar-refractivity contribution in [2.24, 2.45) is 57.2 Å². The quantitative estimate of drug-likeness (QED) is 0.0738. The molecule has 15 atom stereocenters. The average Bonchev–Trinajstić information content (AvgIpc) is 3.89. The van der Waals surface area contributed by atoms with Crippen LogP contribution in [0.5, 0.6) is 0 Å². The van der Waals surface area contributed by atoms with E-state index in [0.29, 0.717) is 62.4 Å². The van der Waals surface area contributed by atoms with E-state index in [2.05, 4.69) is 44.3 Å². The SMILES string of the molecule is C=CC(=O)OCC.CC(=O)O.CC(=O)O[C@H]1C[C@@]2(C)C(CCC2[NH+]([O-])O)C2CCC3=CC(=O)CC[C@]3(C)C21.CC(=O)O[C@H]1C[C@@]2(C)C(CC[C@@]23CCC(=O)N3)C2CCC3=CC(=O)CC[C@]3(C)C21.[Zn]. The summed E-state index contributed by atoms with van der Waals surface area (Å²) >= 11 is 0. The summed E-state index contributed by atoms with van der Waals surface area (Å²) in [5.41, 5.74) is 1.80. The number of ketones is 2. The van der Waals surface area contributed by atoms with Crippen LogP contribution in [-0.4, -0.2) is 82.1 Å². The predicted octanol–water partition coefficient (Wildman–Crippen LogP) is 6.73. The molecule has 6 saturated carbocycles. The van der Waals surface area contributed by atoms with Gasteiger partial charge >= 0.3 is 17.9 Å². The number of amides is 1. The molecule has 9 aliphatic rings. The van der Waals surface area contributed by atoms with Crippen molar-refractivity contribution in [3.63, 3.8) is 0 Å². The number of rotatable bonds is 5. The van der Waals surface area contributed by atoms with Gasteiger partial charge in [-0.25, -0.2) is 15.2 Å². The summed E-state index contributed by atoms with van der Waals surface area (Å²) in [6.45, 7) is 18.4. The van der Waals surface area contributed by atoms with Gasteiger partial charge < -0.3 is 29.8 Å². The first-order valence-corrected chi connectivity index (χ1v) is 24.7. The zero-order valence-electron chi connectivity index (χ0n) is 41.7. The Kier molecular flexibility index (Phi) is 17.4. The van der Waals surface area contributed by atoms with E-state index in [9.17, 15) is 39.2 Å². The third-order valence-electron chi connectivity index (χ3n) is 18.7. The van der Waals surface area contributed by atoms with Crippen molar-refractivity contribution < 1.29 is 82.8 Å². The number of quaternary nitrogens is 1. The number of hydroxylamine groups is 2. The summed E-state index contributed by atoms with van der Waals surface area (Å²) in [6.07, 6.45) is 18.0. The van der Waals surface area contributed by atoms with Crippen LogP contribution in [0.15, 0.2) is 36.0 Å². The van der Waals surface area contributed by atoms with E-state index in [1.165, 1.54) is 25.0 Å². The first-order valence-electron chi connectivity index (χ1n) is 24.7. The standard InChI is InChI=1S/C24H33NO4.C21H31NO5.C5H8O2.C2H4O2.Zn/c1-14(26)29-19-13-23(3)18(7-10-24(23)11-8-20(28)25-24)17-5-4-15-12-16(27)6-9-22(15,2)21(17)19;1-12(23)27-17-11-21(3)16(6-7-18(21)22(25)26)15-5-4-13-10-14(24)8-9-20(13,2)19(15)17;1-3-5(6)7-4-2;1-2(3)4;/h12,17-19,21H,4-11,13H2,1-3H3,(H,25,28);10,15-19,22,25H,4-9,11H2,1-3H3;3H,1,4H2,2H3;1H3,(H,3,4);/t17?,18?,19-,21?,22-,23-,24+;15?,16?,17-,18?,19?,20-,21-;;;/m00.../s1. The minimum Gasteiger partial charge on any atom is -0.600 e. The van der Waals surface area contributed by atoms with Crippen molar-refractivity contribution in [2.75, 3.05) is 6.61 Å². The molecule has 68 heavy (non-hydrogen) atoms. The Bertz CT molecular complexity index is 2050. The van der Waals surface area contributed by atoms with E-state index < -0.39 is 11.2 Å². The third kappa shape index (κ3) is 10.4. The normalized spacial score (nSPS) is 40.6. The molecule has 0 radical (unpaired) electrons. The van der Waals surface area contributed by atoms with E-state index in [0.717, 1.165) is 83.6 Å². The number of hydrogen-bond acceptors (Lipinski definition) is 12. The van der Waals surface area contributed by atoms with Gasteiger partial charge in [0.1, 0.15) is 18.2 Å². The molecule has 0 aromatic rings. The zero-order chi connectivity index (χ0) is 49.4. The fourth-order valence-corrected chi connectivity index (χ4v) is 16.0. The number of nitrogens with one attached hydrogen (secondary N) is 2.